The Balaban J connectivity index is 0.000000279. The highest BCUT2D eigenvalue weighted by atomic mass is 32.2. The second kappa shape index (κ2) is 9.13. The Morgan fingerprint density at radius 1 is 1.15 bits per heavy atom. The molecule has 0 atom stereocenters. The number of methoxy groups -OCH3 is 1. The summed E-state index contributed by atoms with van der Waals surface area (Å²) in [5, 5.41) is 2.66. The molecule has 150 valence electrons. The Hall–Kier alpha value is -1.49. The van der Waals surface area contributed by atoms with E-state index >= 15 is 0 Å². The van der Waals surface area contributed by atoms with E-state index in [-0.39, 0.29) is 0 Å². The Morgan fingerprint density at radius 3 is 2.33 bits per heavy atom. The van der Waals surface area contributed by atoms with Crippen molar-refractivity contribution in [2.24, 2.45) is 0 Å². The molecular weight excluding hydrogens is 405 g/mol. The van der Waals surface area contributed by atoms with Gasteiger partial charge in [-0.15, -0.1) is 0 Å². The van der Waals surface area contributed by atoms with E-state index in [9.17, 15) is 13.2 Å². The lowest BCUT2D eigenvalue weighted by Gasteiger charge is -2.08. The molecule has 0 bridgehead atoms. The molecule has 1 aliphatic rings. The first-order chi connectivity index (χ1) is 12.6. The molecule has 1 fully saturated rings. The fraction of sp³-hybridized carbons (Fsp3) is 0.412. The normalized spacial score (nSPS) is 15.4. The van der Waals surface area contributed by atoms with Crippen LogP contribution in [0.3, 0.4) is 0 Å². The van der Waals surface area contributed by atoms with Crippen LogP contribution in [-0.2, 0) is 25.7 Å². The Kier molecular flexibility index (Phi) is 7.38. The maximum Gasteiger partial charge on any atom is 0.485 e. The fourth-order valence-corrected chi connectivity index (χ4v) is 5.07. The van der Waals surface area contributed by atoms with Crippen LogP contribution in [0.25, 0.3) is 10.8 Å². The zero-order chi connectivity index (χ0) is 20.1. The van der Waals surface area contributed by atoms with Gasteiger partial charge in [-0.2, -0.15) is 13.2 Å². The summed E-state index contributed by atoms with van der Waals surface area (Å²) in [6.45, 7) is 0.305. The summed E-state index contributed by atoms with van der Waals surface area (Å²) < 4.78 is 69.4. The zero-order valence-corrected chi connectivity index (χ0v) is 16.1. The van der Waals surface area contributed by atoms with Gasteiger partial charge in [0, 0.05) is 23.4 Å². The van der Waals surface area contributed by atoms with Gasteiger partial charge in [0.25, 0.3) is 0 Å². The van der Waals surface area contributed by atoms with Gasteiger partial charge < -0.3 is 14.0 Å². The summed E-state index contributed by atoms with van der Waals surface area (Å²) in [5.74, 6) is 3.59. The highest BCUT2D eigenvalue weighted by Gasteiger charge is 2.37. The van der Waals surface area contributed by atoms with Crippen LogP contribution in [0.15, 0.2) is 41.3 Å². The molecule has 27 heavy (non-hydrogen) atoms. The number of rotatable bonds is 4. The average molecular weight is 424 g/mol. The molecule has 1 saturated heterocycles. The summed E-state index contributed by atoms with van der Waals surface area (Å²) in [5.41, 5.74) is -5.65. The molecule has 1 heterocycles. The van der Waals surface area contributed by atoms with Crippen LogP contribution in [0.4, 0.5) is 13.2 Å². The van der Waals surface area contributed by atoms with Gasteiger partial charge in [-0.25, -0.2) is 8.42 Å². The maximum absolute atomic E-state index is 10.7. The van der Waals surface area contributed by atoms with E-state index in [1.807, 2.05) is 6.07 Å². The van der Waals surface area contributed by atoms with E-state index in [2.05, 4.69) is 30.3 Å². The first-order valence-electron chi connectivity index (χ1n) is 7.97. The van der Waals surface area contributed by atoms with Crippen LogP contribution in [0.2, 0.25) is 0 Å². The van der Waals surface area contributed by atoms with Gasteiger partial charge in [0.05, 0.1) is 0 Å². The second-order valence-corrected chi connectivity index (χ2v) is 9.31. The second-order valence-electron chi connectivity index (χ2n) is 5.70. The highest BCUT2D eigenvalue weighted by molar-refractivity contribution is 7.97. The third kappa shape index (κ3) is 6.00. The lowest BCUT2D eigenvalue weighted by Crippen LogP contribution is -2.21. The SMILES string of the molecule is COCOc1ccc2cccc([S+]3CCCC3)c2c1.O=S(=O)([O-])C(F)(F)F. The van der Waals surface area contributed by atoms with Crippen LogP contribution in [0.1, 0.15) is 12.8 Å². The minimum absolute atomic E-state index is 0.305. The average Bonchev–Trinajstić information content (AvgIpc) is 3.12. The molecule has 0 saturated carbocycles. The van der Waals surface area contributed by atoms with E-state index in [0.717, 1.165) is 5.75 Å². The molecule has 0 radical (unpaired) electrons. The molecule has 1 aliphatic heterocycles. The standard InChI is InChI=1S/C16H19O2S.CHF3O3S/c1-17-12-18-14-8-7-13-5-4-6-16(15(13)11-14)19-9-2-3-10-19;2-1(3,4)8(5,6)7/h4-8,11H,2-3,9-10,12H2,1H3;(H,5,6,7)/q+1;/p-1. The summed E-state index contributed by atoms with van der Waals surface area (Å²) >= 11 is 0. The maximum atomic E-state index is 10.7. The molecule has 5 nitrogen and oxygen atoms in total. The summed E-state index contributed by atoms with van der Waals surface area (Å²) in [7, 11) is -4.01. The highest BCUT2D eigenvalue weighted by Crippen LogP contribution is 2.31. The Labute approximate surface area is 158 Å². The fourth-order valence-electron chi connectivity index (χ4n) is 2.57. The lowest BCUT2D eigenvalue weighted by molar-refractivity contribution is -0.0517. The van der Waals surface area contributed by atoms with Crippen LogP contribution in [-0.4, -0.2) is 43.9 Å². The predicted molar refractivity (Wildman–Crippen MR) is 96.8 cm³/mol. The van der Waals surface area contributed by atoms with E-state index in [1.165, 1.54) is 40.0 Å². The number of hydrogen-bond acceptors (Lipinski definition) is 5. The van der Waals surface area contributed by atoms with Crippen molar-refractivity contribution in [2.75, 3.05) is 25.4 Å². The summed E-state index contributed by atoms with van der Waals surface area (Å²) in [6, 6.07) is 13.0. The quantitative estimate of drug-likeness (QED) is 0.324. The molecular formula is C17H19F3O5S2. The molecule has 3 rings (SSSR count). The molecule has 10 heteroatoms. The van der Waals surface area contributed by atoms with Crippen LogP contribution in [0.5, 0.6) is 5.75 Å². The molecule has 0 spiro atoms. The van der Waals surface area contributed by atoms with Crippen LogP contribution in [0, 0.1) is 0 Å². The van der Waals surface area contributed by atoms with E-state index in [4.69, 9.17) is 22.4 Å². The van der Waals surface area contributed by atoms with Crippen molar-refractivity contribution in [3.63, 3.8) is 0 Å². The number of halogens is 3. The van der Waals surface area contributed by atoms with Crippen molar-refractivity contribution in [3.8, 4) is 5.75 Å². The van der Waals surface area contributed by atoms with E-state index in [0.29, 0.717) is 17.7 Å². The van der Waals surface area contributed by atoms with E-state index in [1.54, 1.807) is 7.11 Å². The number of ether oxygens (including phenoxy) is 2. The monoisotopic (exact) mass is 424 g/mol. The molecule has 2 aromatic rings. The van der Waals surface area contributed by atoms with Crippen molar-refractivity contribution >= 4 is 31.8 Å². The van der Waals surface area contributed by atoms with Gasteiger partial charge in [0.15, 0.2) is 21.8 Å². The Bertz CT molecular complexity index is 862. The first-order valence-corrected chi connectivity index (χ1v) is 10.9. The lowest BCUT2D eigenvalue weighted by atomic mass is 10.1. The minimum atomic E-state index is -6.09. The Morgan fingerprint density at radius 2 is 1.78 bits per heavy atom. The van der Waals surface area contributed by atoms with Gasteiger partial charge in [-0.3, -0.25) is 0 Å². The molecule has 0 aromatic heterocycles. The van der Waals surface area contributed by atoms with Gasteiger partial charge in [-0.1, -0.05) is 18.2 Å². The van der Waals surface area contributed by atoms with Crippen molar-refractivity contribution < 1.29 is 35.6 Å². The molecule has 0 amide bonds. The number of fused-ring (bicyclic) bond motifs is 1. The molecule has 0 unspecified atom stereocenters. The smallest absolute Gasteiger partial charge is 0.485 e. The van der Waals surface area contributed by atoms with Crippen LogP contribution < -0.4 is 4.74 Å². The van der Waals surface area contributed by atoms with Gasteiger partial charge in [0.1, 0.15) is 17.3 Å². The molecule has 0 N–H and O–H groups in total. The van der Waals surface area contributed by atoms with Gasteiger partial charge in [0.2, 0.25) is 0 Å². The number of hydrogen-bond donors (Lipinski definition) is 0. The summed E-state index contributed by atoms with van der Waals surface area (Å²) in [6.07, 6.45) is 2.75. The van der Waals surface area contributed by atoms with Crippen molar-refractivity contribution in [1.82, 2.24) is 0 Å². The number of alkyl halides is 3. The van der Waals surface area contributed by atoms with Gasteiger partial charge in [-0.05, 0) is 36.4 Å². The summed E-state index contributed by atoms with van der Waals surface area (Å²) in [4.78, 5) is 1.51. The minimum Gasteiger partial charge on any atom is -0.741 e. The number of benzene rings is 2. The van der Waals surface area contributed by atoms with Crippen molar-refractivity contribution in [2.45, 2.75) is 23.2 Å². The first kappa shape index (κ1) is 21.8. The van der Waals surface area contributed by atoms with Gasteiger partial charge >= 0.3 is 5.51 Å². The largest absolute Gasteiger partial charge is 0.741 e. The molecule has 2 aromatic carbocycles. The third-order valence-electron chi connectivity index (χ3n) is 3.78. The topological polar surface area (TPSA) is 75.7 Å². The molecule has 0 aliphatic carbocycles. The van der Waals surface area contributed by atoms with Crippen LogP contribution >= 0.6 is 0 Å². The van der Waals surface area contributed by atoms with Crippen molar-refractivity contribution in [3.05, 3.63) is 36.4 Å². The predicted octanol–water partition coefficient (Wildman–Crippen LogP) is 3.64. The zero-order valence-electron chi connectivity index (χ0n) is 14.5. The third-order valence-corrected chi connectivity index (χ3v) is 6.89. The van der Waals surface area contributed by atoms with Crippen molar-refractivity contribution in [1.29, 1.82) is 0 Å². The van der Waals surface area contributed by atoms with E-state index < -0.39 is 15.6 Å².